The minimum atomic E-state index is -4.97. The summed E-state index contributed by atoms with van der Waals surface area (Å²) in [7, 11) is 0. The summed E-state index contributed by atoms with van der Waals surface area (Å²) < 4.78 is 45.8. The second-order valence-corrected chi connectivity index (χ2v) is 3.44. The molecule has 6 nitrogen and oxygen atoms in total. The molecule has 0 saturated carbocycles. The van der Waals surface area contributed by atoms with Gasteiger partial charge >= 0.3 is 64.3 Å². The molecular weight excluding hydrogens is 293 g/mol. The Hall–Kier alpha value is 0.0613. The van der Waals surface area contributed by atoms with Crippen molar-refractivity contribution in [3.8, 4) is 0 Å². The molecule has 0 aliphatic carbocycles. The summed E-state index contributed by atoms with van der Waals surface area (Å²) >= 11 is 0. The van der Waals surface area contributed by atoms with E-state index in [4.69, 9.17) is 0 Å². The first-order valence-corrected chi connectivity index (χ1v) is 5.24. The molecule has 0 aromatic carbocycles. The van der Waals surface area contributed by atoms with Crippen LogP contribution in [0.15, 0.2) is 6.20 Å². The molecule has 0 spiro atoms. The Balaban J connectivity index is 0.00000324. The molecule has 102 valence electrons. The van der Waals surface area contributed by atoms with Gasteiger partial charge in [-0.1, -0.05) is 5.21 Å². The quantitative estimate of drug-likeness (QED) is 0.420. The van der Waals surface area contributed by atoms with Crippen molar-refractivity contribution in [3.63, 3.8) is 0 Å². The van der Waals surface area contributed by atoms with Gasteiger partial charge in [0.05, 0.1) is 19.4 Å². The van der Waals surface area contributed by atoms with Crippen molar-refractivity contribution in [2.45, 2.75) is 20.1 Å². The van der Waals surface area contributed by atoms with E-state index < -0.39 is 19.5 Å². The van der Waals surface area contributed by atoms with Crippen LogP contribution < -0.4 is 51.4 Å². The van der Waals surface area contributed by atoms with E-state index in [1.54, 1.807) is 6.92 Å². The van der Waals surface area contributed by atoms with Crippen LogP contribution >= 0.6 is 0 Å². The molecule has 0 unspecified atom stereocenters. The maximum absolute atomic E-state index is 11.9. The number of carbonyl (C=O) groups excluding carboxylic acids is 1. The predicted molar refractivity (Wildman–Crippen MR) is 55.4 cm³/mol. The molecule has 1 rings (SSSR count). The second-order valence-electron chi connectivity index (χ2n) is 3.44. The van der Waals surface area contributed by atoms with E-state index >= 15 is 0 Å². The predicted octanol–water partition coefficient (Wildman–Crippen LogP) is -2.25. The first-order chi connectivity index (χ1) is 8.40. The van der Waals surface area contributed by atoms with Crippen molar-refractivity contribution < 1.29 is 78.6 Å². The standard InChI is InChI=1S/C8H12BF3N3O3.K/c1-2-18-8(16)4-15-3-7(13-14-15)5-17-6-9(10,11)12;/h3H,2,4-6H2,1H3;/q-1;+1. The zero-order valence-corrected chi connectivity index (χ0v) is 13.8. The van der Waals surface area contributed by atoms with Crippen molar-refractivity contribution in [1.29, 1.82) is 0 Å². The van der Waals surface area contributed by atoms with Gasteiger partial charge in [-0.05, 0) is 6.92 Å². The van der Waals surface area contributed by atoms with E-state index in [1.165, 1.54) is 10.9 Å². The van der Waals surface area contributed by atoms with E-state index in [9.17, 15) is 17.7 Å². The molecule has 0 fully saturated rings. The maximum Gasteiger partial charge on any atom is 1.00 e. The number of hydrogen-bond acceptors (Lipinski definition) is 5. The maximum atomic E-state index is 11.9. The molecule has 0 N–H and O–H groups in total. The average molecular weight is 305 g/mol. The monoisotopic (exact) mass is 305 g/mol. The topological polar surface area (TPSA) is 66.2 Å². The summed E-state index contributed by atoms with van der Waals surface area (Å²) in [5.74, 6) is -0.492. The SMILES string of the molecule is CCOC(=O)Cn1cc(COC[B-](F)(F)F)nn1.[K+]. The van der Waals surface area contributed by atoms with Gasteiger partial charge < -0.3 is 22.4 Å². The van der Waals surface area contributed by atoms with Gasteiger partial charge in [0, 0.05) is 6.51 Å². The van der Waals surface area contributed by atoms with Gasteiger partial charge in [-0.25, -0.2) is 4.68 Å². The number of rotatable bonds is 7. The molecule has 11 heteroatoms. The third-order valence-corrected chi connectivity index (χ3v) is 1.74. The van der Waals surface area contributed by atoms with Crippen molar-refractivity contribution in [3.05, 3.63) is 11.9 Å². The second kappa shape index (κ2) is 9.08. The van der Waals surface area contributed by atoms with Crippen LogP contribution in [0, 0.1) is 0 Å². The van der Waals surface area contributed by atoms with E-state index in [0.717, 1.165) is 0 Å². The molecule has 1 aromatic heterocycles. The van der Waals surface area contributed by atoms with Crippen LogP contribution in [0.5, 0.6) is 0 Å². The Morgan fingerprint density at radius 1 is 1.47 bits per heavy atom. The van der Waals surface area contributed by atoms with E-state index in [2.05, 4.69) is 19.8 Å². The van der Waals surface area contributed by atoms with Crippen molar-refractivity contribution in [2.24, 2.45) is 0 Å². The fourth-order valence-corrected chi connectivity index (χ4v) is 1.12. The largest absolute Gasteiger partial charge is 1.00 e. The molecule has 0 atom stereocenters. The number of ether oxygens (including phenoxy) is 2. The van der Waals surface area contributed by atoms with Gasteiger partial charge in [0.15, 0.2) is 0 Å². The van der Waals surface area contributed by atoms with Crippen LogP contribution in [-0.4, -0.2) is 41.1 Å². The Morgan fingerprint density at radius 2 is 2.16 bits per heavy atom. The molecule has 0 aliphatic heterocycles. The zero-order chi connectivity index (χ0) is 13.6. The van der Waals surface area contributed by atoms with Gasteiger partial charge in [0.1, 0.15) is 12.2 Å². The molecule has 0 amide bonds. The molecule has 1 aromatic rings. The van der Waals surface area contributed by atoms with Crippen molar-refractivity contribution in [1.82, 2.24) is 15.0 Å². The van der Waals surface area contributed by atoms with E-state index in [0.29, 0.717) is 0 Å². The molecule has 0 saturated heterocycles. The first kappa shape index (κ1) is 19.1. The minimum Gasteiger partial charge on any atom is -0.465 e. The number of carbonyl (C=O) groups is 1. The van der Waals surface area contributed by atoms with Gasteiger partial charge in [0.25, 0.3) is 0 Å². The Morgan fingerprint density at radius 3 is 2.74 bits per heavy atom. The number of halogens is 3. The fraction of sp³-hybridized carbons (Fsp3) is 0.625. The summed E-state index contributed by atoms with van der Waals surface area (Å²) in [6.45, 7) is -4.78. The Labute approximate surface area is 150 Å². The molecule has 0 aliphatic rings. The number of esters is 1. The van der Waals surface area contributed by atoms with Gasteiger partial charge in [-0.2, -0.15) is 0 Å². The molecule has 0 radical (unpaired) electrons. The van der Waals surface area contributed by atoms with Crippen LogP contribution in [0.2, 0.25) is 0 Å². The van der Waals surface area contributed by atoms with Gasteiger partial charge in [-0.15, -0.1) is 5.10 Å². The molecular formula is C8H12BF3KN3O3. The normalized spacial score (nSPS) is 10.9. The van der Waals surface area contributed by atoms with Crippen molar-refractivity contribution in [2.75, 3.05) is 13.1 Å². The summed E-state index contributed by atoms with van der Waals surface area (Å²) in [4.78, 5) is 11.1. The Bertz CT molecular complexity index is 402. The van der Waals surface area contributed by atoms with Crippen LogP contribution in [0.1, 0.15) is 12.6 Å². The van der Waals surface area contributed by atoms with E-state index in [1.807, 2.05) is 0 Å². The minimum absolute atomic E-state index is 0. The van der Waals surface area contributed by atoms with Crippen LogP contribution in [0.3, 0.4) is 0 Å². The van der Waals surface area contributed by atoms with E-state index in [-0.39, 0.29) is 76.8 Å². The smallest absolute Gasteiger partial charge is 0.465 e. The van der Waals surface area contributed by atoms with Gasteiger partial charge in [-0.3, -0.25) is 4.79 Å². The average Bonchev–Trinajstić information content (AvgIpc) is 2.64. The zero-order valence-electron chi connectivity index (χ0n) is 10.7. The summed E-state index contributed by atoms with van der Waals surface area (Å²) in [6.07, 6.45) is 1.33. The van der Waals surface area contributed by atoms with Crippen LogP contribution in [-0.2, 0) is 27.4 Å². The molecule has 1 heterocycles. The summed E-state index contributed by atoms with van der Waals surface area (Å²) in [5, 5.41) is 7.13. The third-order valence-electron chi connectivity index (χ3n) is 1.74. The molecule has 19 heavy (non-hydrogen) atoms. The number of nitrogens with zero attached hydrogens (tertiary/aromatic N) is 3. The molecule has 0 bridgehead atoms. The fourth-order valence-electron chi connectivity index (χ4n) is 1.12. The summed E-state index contributed by atoms with van der Waals surface area (Å²) in [5.41, 5.74) is 0.222. The first-order valence-electron chi connectivity index (χ1n) is 5.24. The van der Waals surface area contributed by atoms with Gasteiger partial charge in [0.2, 0.25) is 0 Å². The van der Waals surface area contributed by atoms with Crippen molar-refractivity contribution >= 4 is 12.9 Å². The summed E-state index contributed by atoms with van der Waals surface area (Å²) in [6, 6.07) is 0. The van der Waals surface area contributed by atoms with Crippen LogP contribution in [0.4, 0.5) is 12.9 Å². The number of hydrogen-bond donors (Lipinski definition) is 0. The Kier molecular flexibility index (Phi) is 9.11. The number of aromatic nitrogens is 3. The third kappa shape index (κ3) is 8.76. The van der Waals surface area contributed by atoms with Crippen LogP contribution in [0.25, 0.3) is 0 Å².